The number of rotatable bonds is 3. The van der Waals surface area contributed by atoms with Crippen LogP contribution in [0.15, 0.2) is 74.8 Å². The van der Waals surface area contributed by atoms with Crippen molar-refractivity contribution < 1.29 is 17.6 Å². The SMILES string of the molecule is O=C(c1ccccc1)N1CCN(S(=O)(=O)c2ccc3oc(=O)ccc3c2)CC1. The minimum absolute atomic E-state index is 0.0987. The van der Waals surface area contributed by atoms with Crippen molar-refractivity contribution in [2.75, 3.05) is 26.2 Å². The van der Waals surface area contributed by atoms with Gasteiger partial charge in [0.15, 0.2) is 0 Å². The number of fused-ring (bicyclic) bond motifs is 1. The molecule has 0 radical (unpaired) electrons. The van der Waals surface area contributed by atoms with Gasteiger partial charge in [0.25, 0.3) is 5.91 Å². The maximum atomic E-state index is 13.0. The lowest BCUT2D eigenvalue weighted by atomic mass is 10.2. The van der Waals surface area contributed by atoms with Gasteiger partial charge in [-0.2, -0.15) is 4.31 Å². The first-order valence-corrected chi connectivity index (χ1v) is 10.3. The van der Waals surface area contributed by atoms with E-state index in [1.54, 1.807) is 29.2 Å². The minimum atomic E-state index is -3.70. The van der Waals surface area contributed by atoms with E-state index < -0.39 is 15.6 Å². The predicted molar refractivity (Wildman–Crippen MR) is 104 cm³/mol. The van der Waals surface area contributed by atoms with Gasteiger partial charge in [0.1, 0.15) is 5.58 Å². The standard InChI is InChI=1S/C20H18N2O5S/c23-19-9-6-16-14-17(7-8-18(16)27-19)28(25,26)22-12-10-21(11-13-22)20(24)15-4-2-1-3-5-15/h1-9,14H,10-13H2. The first kappa shape index (κ1) is 18.4. The van der Waals surface area contributed by atoms with E-state index in [4.69, 9.17) is 4.42 Å². The molecule has 1 aliphatic rings. The molecule has 0 aliphatic carbocycles. The summed E-state index contributed by atoms with van der Waals surface area (Å²) in [5.74, 6) is -0.0987. The van der Waals surface area contributed by atoms with Crippen molar-refractivity contribution in [3.05, 3.63) is 76.6 Å². The molecule has 2 aromatic carbocycles. The van der Waals surface area contributed by atoms with Crippen LogP contribution in [-0.2, 0) is 10.0 Å². The fourth-order valence-electron chi connectivity index (χ4n) is 3.25. The number of carbonyl (C=O) groups excluding carboxylic acids is 1. The first-order valence-electron chi connectivity index (χ1n) is 8.83. The molecule has 4 rings (SSSR count). The largest absolute Gasteiger partial charge is 0.423 e. The highest BCUT2D eigenvalue weighted by molar-refractivity contribution is 7.89. The Balaban J connectivity index is 1.51. The van der Waals surface area contributed by atoms with E-state index >= 15 is 0 Å². The molecule has 3 aromatic rings. The number of sulfonamides is 1. The van der Waals surface area contributed by atoms with Crippen LogP contribution in [0.1, 0.15) is 10.4 Å². The molecule has 1 aromatic heterocycles. The number of hydrogen-bond donors (Lipinski definition) is 0. The molecule has 8 heteroatoms. The molecule has 28 heavy (non-hydrogen) atoms. The van der Waals surface area contributed by atoms with Crippen molar-refractivity contribution in [1.82, 2.24) is 9.21 Å². The zero-order valence-corrected chi connectivity index (χ0v) is 15.8. The Hall–Kier alpha value is -2.97. The van der Waals surface area contributed by atoms with Crippen LogP contribution in [-0.4, -0.2) is 49.7 Å². The number of benzene rings is 2. The normalized spacial score (nSPS) is 15.6. The Kier molecular flexibility index (Phi) is 4.74. The van der Waals surface area contributed by atoms with E-state index in [1.165, 1.54) is 34.6 Å². The van der Waals surface area contributed by atoms with Gasteiger partial charge in [-0.25, -0.2) is 13.2 Å². The summed E-state index contributed by atoms with van der Waals surface area (Å²) in [5, 5.41) is 0.540. The van der Waals surface area contributed by atoms with E-state index in [1.807, 2.05) is 6.07 Å². The molecule has 0 N–H and O–H groups in total. The van der Waals surface area contributed by atoms with Crippen LogP contribution >= 0.6 is 0 Å². The Morgan fingerprint density at radius 1 is 0.893 bits per heavy atom. The van der Waals surface area contributed by atoms with Gasteiger partial charge < -0.3 is 9.32 Å². The summed E-state index contributed by atoms with van der Waals surface area (Å²) in [6.45, 7) is 1.11. The van der Waals surface area contributed by atoms with E-state index in [0.29, 0.717) is 29.6 Å². The predicted octanol–water partition coefficient (Wildman–Crippen LogP) is 1.94. The van der Waals surface area contributed by atoms with E-state index in [0.717, 1.165) is 0 Å². The van der Waals surface area contributed by atoms with Crippen molar-refractivity contribution in [3.63, 3.8) is 0 Å². The van der Waals surface area contributed by atoms with Crippen molar-refractivity contribution in [3.8, 4) is 0 Å². The lowest BCUT2D eigenvalue weighted by Gasteiger charge is -2.34. The van der Waals surface area contributed by atoms with Crippen molar-refractivity contribution in [2.24, 2.45) is 0 Å². The topological polar surface area (TPSA) is 87.9 Å². The third-order valence-electron chi connectivity index (χ3n) is 4.78. The molecule has 1 fully saturated rings. The van der Waals surface area contributed by atoms with Gasteiger partial charge in [0.2, 0.25) is 10.0 Å². The van der Waals surface area contributed by atoms with Gasteiger partial charge in [-0.15, -0.1) is 0 Å². The quantitative estimate of drug-likeness (QED) is 0.629. The zero-order chi connectivity index (χ0) is 19.7. The van der Waals surface area contributed by atoms with Crippen LogP contribution in [0.4, 0.5) is 0 Å². The number of hydrogen-bond acceptors (Lipinski definition) is 5. The fourth-order valence-corrected chi connectivity index (χ4v) is 4.71. The summed E-state index contributed by atoms with van der Waals surface area (Å²) in [6.07, 6.45) is 0. The van der Waals surface area contributed by atoms with Gasteiger partial charge in [0.05, 0.1) is 4.90 Å². The van der Waals surface area contributed by atoms with Gasteiger partial charge in [0, 0.05) is 43.2 Å². The average Bonchev–Trinajstić information content (AvgIpc) is 2.73. The Morgan fingerprint density at radius 3 is 2.32 bits per heavy atom. The molecule has 0 atom stereocenters. The summed E-state index contributed by atoms with van der Waals surface area (Å²) >= 11 is 0. The number of piperazine rings is 1. The van der Waals surface area contributed by atoms with Crippen LogP contribution in [0.25, 0.3) is 11.0 Å². The Morgan fingerprint density at radius 2 is 1.61 bits per heavy atom. The highest BCUT2D eigenvalue weighted by Gasteiger charge is 2.30. The third kappa shape index (κ3) is 3.44. The lowest BCUT2D eigenvalue weighted by Crippen LogP contribution is -2.50. The summed E-state index contributed by atoms with van der Waals surface area (Å²) in [6, 6.07) is 16.2. The molecule has 0 spiro atoms. The highest BCUT2D eigenvalue weighted by Crippen LogP contribution is 2.22. The Labute approximate surface area is 161 Å². The molecule has 0 unspecified atom stereocenters. The van der Waals surface area contributed by atoms with Gasteiger partial charge in [-0.1, -0.05) is 18.2 Å². The number of nitrogens with zero attached hydrogens (tertiary/aromatic N) is 2. The zero-order valence-electron chi connectivity index (χ0n) is 14.9. The summed E-state index contributed by atoms with van der Waals surface area (Å²) in [7, 11) is -3.70. The number of amides is 1. The fraction of sp³-hybridized carbons (Fsp3) is 0.200. The third-order valence-corrected chi connectivity index (χ3v) is 6.67. The Bertz CT molecular complexity index is 1180. The molecule has 144 valence electrons. The highest BCUT2D eigenvalue weighted by atomic mass is 32.2. The second kappa shape index (κ2) is 7.21. The average molecular weight is 398 g/mol. The molecule has 2 heterocycles. The molecule has 1 saturated heterocycles. The second-order valence-electron chi connectivity index (χ2n) is 6.52. The lowest BCUT2D eigenvalue weighted by molar-refractivity contribution is 0.0698. The van der Waals surface area contributed by atoms with Crippen molar-refractivity contribution >= 4 is 26.9 Å². The molecule has 1 amide bonds. The van der Waals surface area contributed by atoms with Crippen LogP contribution in [0.2, 0.25) is 0 Å². The molecular formula is C20H18N2O5S. The van der Waals surface area contributed by atoms with Gasteiger partial charge in [-0.3, -0.25) is 4.79 Å². The van der Waals surface area contributed by atoms with Crippen LogP contribution < -0.4 is 5.63 Å². The smallest absolute Gasteiger partial charge is 0.336 e. The maximum absolute atomic E-state index is 13.0. The second-order valence-corrected chi connectivity index (χ2v) is 8.45. The monoisotopic (exact) mass is 398 g/mol. The maximum Gasteiger partial charge on any atom is 0.336 e. The summed E-state index contributed by atoms with van der Waals surface area (Å²) in [5.41, 5.74) is 0.446. The van der Waals surface area contributed by atoms with Crippen molar-refractivity contribution in [2.45, 2.75) is 4.90 Å². The molecule has 7 nitrogen and oxygen atoms in total. The van der Waals surface area contributed by atoms with Crippen LogP contribution in [0.5, 0.6) is 0 Å². The van der Waals surface area contributed by atoms with E-state index in [9.17, 15) is 18.0 Å². The summed E-state index contributed by atoms with van der Waals surface area (Å²) < 4.78 is 32.4. The van der Waals surface area contributed by atoms with Gasteiger partial charge >= 0.3 is 5.63 Å². The number of carbonyl (C=O) groups is 1. The van der Waals surface area contributed by atoms with Crippen LogP contribution in [0.3, 0.4) is 0 Å². The molecular weight excluding hydrogens is 380 g/mol. The van der Waals surface area contributed by atoms with E-state index in [-0.39, 0.29) is 23.9 Å². The van der Waals surface area contributed by atoms with Crippen molar-refractivity contribution in [1.29, 1.82) is 0 Å². The molecule has 0 bridgehead atoms. The van der Waals surface area contributed by atoms with E-state index in [2.05, 4.69) is 0 Å². The molecule has 0 saturated carbocycles. The summed E-state index contributed by atoms with van der Waals surface area (Å²) in [4.78, 5) is 25.6. The first-order chi connectivity index (χ1) is 13.4. The molecule has 1 aliphatic heterocycles. The van der Waals surface area contributed by atoms with Gasteiger partial charge in [-0.05, 0) is 36.4 Å². The van der Waals surface area contributed by atoms with Crippen LogP contribution in [0, 0.1) is 0 Å². The minimum Gasteiger partial charge on any atom is -0.423 e.